The van der Waals surface area contributed by atoms with E-state index in [-0.39, 0.29) is 23.9 Å². The second-order valence-electron chi connectivity index (χ2n) is 6.50. The number of nitrogens with zero attached hydrogens (tertiary/aromatic N) is 1. The number of benzene rings is 1. The highest BCUT2D eigenvalue weighted by molar-refractivity contribution is 5.39. The second kappa shape index (κ2) is 6.59. The molecule has 2 heterocycles. The van der Waals surface area contributed by atoms with Gasteiger partial charge < -0.3 is 5.11 Å². The van der Waals surface area contributed by atoms with Gasteiger partial charge in [-0.3, -0.25) is 15.2 Å². The molecule has 4 atom stereocenters. The SMILES string of the molecule is CCC(NOC)=C1[C@@H](c2ccc(F)cc2)CC2CC(O)[C@H]1N2C. The standard InChI is InChI=1S/C18H25FN2O2/c1-4-15(20-23-3)17-14(11-5-7-12(19)8-6-11)9-13-10-16(22)18(17)21(13)2/h5-8,13-14,16,18,20,22H,4,9-10H2,1-3H3/t13?,14-,16?,18-/m1/s1. The van der Waals surface area contributed by atoms with Gasteiger partial charge in [0.05, 0.1) is 19.3 Å². The maximum absolute atomic E-state index is 13.3. The Morgan fingerprint density at radius 2 is 2.04 bits per heavy atom. The molecule has 0 aromatic heterocycles. The number of fused-ring (bicyclic) bond motifs is 2. The zero-order chi connectivity index (χ0) is 16.6. The molecule has 0 radical (unpaired) electrons. The van der Waals surface area contributed by atoms with Gasteiger partial charge in [0, 0.05) is 17.7 Å². The number of hydrogen-bond acceptors (Lipinski definition) is 4. The number of rotatable bonds is 4. The Hall–Kier alpha value is -1.43. The largest absolute Gasteiger partial charge is 0.391 e. The number of nitrogens with one attached hydrogen (secondary N) is 1. The number of aliphatic hydroxyl groups excluding tert-OH is 1. The molecule has 0 saturated carbocycles. The molecule has 2 fully saturated rings. The molecule has 0 amide bonds. The van der Waals surface area contributed by atoms with Gasteiger partial charge in [0.2, 0.25) is 0 Å². The van der Waals surface area contributed by atoms with Gasteiger partial charge in [0.15, 0.2) is 0 Å². The van der Waals surface area contributed by atoms with E-state index in [9.17, 15) is 9.50 Å². The van der Waals surface area contributed by atoms with E-state index < -0.39 is 0 Å². The molecule has 2 saturated heterocycles. The molecule has 2 bridgehead atoms. The predicted molar refractivity (Wildman–Crippen MR) is 87.2 cm³/mol. The van der Waals surface area contributed by atoms with E-state index in [1.54, 1.807) is 7.11 Å². The van der Waals surface area contributed by atoms with Crippen molar-refractivity contribution in [2.75, 3.05) is 14.2 Å². The minimum atomic E-state index is -0.370. The molecule has 2 unspecified atom stereocenters. The first-order valence-corrected chi connectivity index (χ1v) is 8.24. The minimum Gasteiger partial charge on any atom is -0.391 e. The summed E-state index contributed by atoms with van der Waals surface area (Å²) in [6, 6.07) is 7.09. The van der Waals surface area contributed by atoms with Crippen molar-refractivity contribution in [3.8, 4) is 0 Å². The summed E-state index contributed by atoms with van der Waals surface area (Å²) < 4.78 is 13.3. The number of piperidine rings is 1. The summed E-state index contributed by atoms with van der Waals surface area (Å²) >= 11 is 0. The highest BCUT2D eigenvalue weighted by Gasteiger charge is 2.48. The van der Waals surface area contributed by atoms with Crippen LogP contribution in [0.5, 0.6) is 0 Å². The first-order chi connectivity index (χ1) is 11.1. The van der Waals surface area contributed by atoms with Gasteiger partial charge in [0.25, 0.3) is 0 Å². The number of hydroxylamine groups is 1. The Bertz CT molecular complexity index is 587. The van der Waals surface area contributed by atoms with E-state index in [4.69, 9.17) is 4.84 Å². The van der Waals surface area contributed by atoms with E-state index in [1.165, 1.54) is 17.7 Å². The molecule has 2 aliphatic rings. The van der Waals surface area contributed by atoms with Crippen LogP contribution in [0, 0.1) is 5.82 Å². The number of hydrogen-bond donors (Lipinski definition) is 2. The lowest BCUT2D eigenvalue weighted by Gasteiger charge is -2.40. The quantitative estimate of drug-likeness (QED) is 0.837. The molecule has 1 aromatic carbocycles. The summed E-state index contributed by atoms with van der Waals surface area (Å²) in [5.74, 6) is -0.0440. The molecule has 5 heteroatoms. The van der Waals surface area contributed by atoms with Gasteiger partial charge in [-0.15, -0.1) is 0 Å². The summed E-state index contributed by atoms with van der Waals surface area (Å²) in [5.41, 5.74) is 6.29. The van der Waals surface area contributed by atoms with Crippen LogP contribution in [0.2, 0.25) is 0 Å². The van der Waals surface area contributed by atoms with Gasteiger partial charge in [-0.05, 0) is 49.6 Å². The Morgan fingerprint density at radius 3 is 2.65 bits per heavy atom. The summed E-state index contributed by atoms with van der Waals surface area (Å²) in [7, 11) is 3.68. The third-order valence-corrected chi connectivity index (χ3v) is 5.29. The van der Waals surface area contributed by atoms with Crippen LogP contribution in [0.1, 0.15) is 37.7 Å². The van der Waals surface area contributed by atoms with Gasteiger partial charge in [-0.2, -0.15) is 0 Å². The predicted octanol–water partition coefficient (Wildman–Crippen LogP) is 2.56. The third-order valence-electron chi connectivity index (χ3n) is 5.29. The Kier molecular flexibility index (Phi) is 4.71. The summed E-state index contributed by atoms with van der Waals surface area (Å²) in [6.07, 6.45) is 2.14. The zero-order valence-corrected chi connectivity index (χ0v) is 13.9. The van der Waals surface area contributed by atoms with E-state index in [0.717, 1.165) is 30.5 Å². The lowest BCUT2D eigenvalue weighted by atomic mass is 9.79. The topological polar surface area (TPSA) is 44.7 Å². The lowest BCUT2D eigenvalue weighted by Crippen LogP contribution is -2.45. The molecule has 4 nitrogen and oxygen atoms in total. The van der Waals surface area contributed by atoms with Crippen molar-refractivity contribution in [1.29, 1.82) is 0 Å². The lowest BCUT2D eigenvalue weighted by molar-refractivity contribution is 0.101. The van der Waals surface area contributed by atoms with Crippen molar-refractivity contribution in [3.63, 3.8) is 0 Å². The van der Waals surface area contributed by atoms with E-state index >= 15 is 0 Å². The molecule has 1 aromatic rings. The highest BCUT2D eigenvalue weighted by atomic mass is 19.1. The fourth-order valence-electron chi connectivity index (χ4n) is 4.22. The van der Waals surface area contributed by atoms with Crippen LogP contribution in [-0.4, -0.2) is 42.4 Å². The number of allylic oxidation sites excluding steroid dienone is 1. The maximum Gasteiger partial charge on any atom is 0.123 e. The molecule has 0 spiro atoms. The number of aliphatic hydroxyl groups is 1. The monoisotopic (exact) mass is 320 g/mol. The zero-order valence-electron chi connectivity index (χ0n) is 13.9. The van der Waals surface area contributed by atoms with Gasteiger partial charge in [-0.25, -0.2) is 4.39 Å². The van der Waals surface area contributed by atoms with Crippen LogP contribution in [0.15, 0.2) is 35.5 Å². The normalized spacial score (nSPS) is 32.9. The van der Waals surface area contributed by atoms with Crippen molar-refractivity contribution >= 4 is 0 Å². The van der Waals surface area contributed by atoms with Crippen molar-refractivity contribution in [3.05, 3.63) is 46.9 Å². The van der Waals surface area contributed by atoms with Crippen molar-refractivity contribution in [1.82, 2.24) is 10.4 Å². The molecule has 126 valence electrons. The maximum atomic E-state index is 13.3. The van der Waals surface area contributed by atoms with Crippen LogP contribution >= 0.6 is 0 Å². The fraction of sp³-hybridized carbons (Fsp3) is 0.556. The van der Waals surface area contributed by atoms with Crippen LogP contribution in [0.25, 0.3) is 0 Å². The molecule has 2 aliphatic heterocycles. The summed E-state index contributed by atoms with van der Waals surface area (Å²) in [4.78, 5) is 7.43. The molecular formula is C18H25FN2O2. The minimum absolute atomic E-state index is 0.0126. The fourth-order valence-corrected chi connectivity index (χ4v) is 4.22. The van der Waals surface area contributed by atoms with Crippen molar-refractivity contribution < 1.29 is 14.3 Å². The third kappa shape index (κ3) is 2.89. The number of halogens is 1. The first-order valence-electron chi connectivity index (χ1n) is 8.24. The first kappa shape index (κ1) is 16.4. The van der Waals surface area contributed by atoms with E-state index in [1.807, 2.05) is 12.1 Å². The second-order valence-corrected chi connectivity index (χ2v) is 6.50. The van der Waals surface area contributed by atoms with E-state index in [0.29, 0.717) is 6.04 Å². The molecule has 3 rings (SSSR count). The van der Waals surface area contributed by atoms with Crippen LogP contribution < -0.4 is 5.48 Å². The average Bonchev–Trinajstić information content (AvgIpc) is 2.72. The number of likely N-dealkylation sites (N-methyl/N-ethyl adjacent to an activating group) is 1. The molecule has 2 N–H and O–H groups in total. The van der Waals surface area contributed by atoms with Gasteiger partial charge in [0.1, 0.15) is 5.82 Å². The van der Waals surface area contributed by atoms with E-state index in [2.05, 4.69) is 24.4 Å². The smallest absolute Gasteiger partial charge is 0.123 e. The van der Waals surface area contributed by atoms with Gasteiger partial charge >= 0.3 is 0 Å². The Labute approximate surface area is 136 Å². The van der Waals surface area contributed by atoms with Crippen molar-refractivity contribution in [2.45, 2.75) is 50.3 Å². The van der Waals surface area contributed by atoms with Crippen LogP contribution in [0.3, 0.4) is 0 Å². The molecule has 0 aliphatic carbocycles. The molecular weight excluding hydrogens is 295 g/mol. The summed E-state index contributed by atoms with van der Waals surface area (Å²) in [6.45, 7) is 2.07. The van der Waals surface area contributed by atoms with Crippen LogP contribution in [0.4, 0.5) is 4.39 Å². The highest BCUT2D eigenvalue weighted by Crippen LogP contribution is 2.47. The van der Waals surface area contributed by atoms with Crippen LogP contribution in [-0.2, 0) is 4.84 Å². The Morgan fingerprint density at radius 1 is 1.35 bits per heavy atom. The average molecular weight is 320 g/mol. The van der Waals surface area contributed by atoms with Crippen molar-refractivity contribution in [2.24, 2.45) is 0 Å². The molecule has 23 heavy (non-hydrogen) atoms. The summed E-state index contributed by atoms with van der Waals surface area (Å²) in [5, 5.41) is 10.6. The Balaban J connectivity index is 2.07. The van der Waals surface area contributed by atoms with Gasteiger partial charge in [-0.1, -0.05) is 19.1 Å².